The van der Waals surface area contributed by atoms with Gasteiger partial charge in [0.2, 0.25) is 0 Å². The number of hydrogen-bond acceptors (Lipinski definition) is 4. The second-order valence-corrected chi connectivity index (χ2v) is 6.23. The third kappa shape index (κ3) is 7.13. The number of phenols is 1. The quantitative estimate of drug-likeness (QED) is 0.543. The Labute approximate surface area is 143 Å². The molecule has 134 valence electrons. The number of aryl methyl sites for hydroxylation is 1. The predicted octanol–water partition coefficient (Wildman–Crippen LogP) is 3.45. The number of aliphatic hydroxyl groups excluding tert-OH is 1. The highest BCUT2D eigenvalue weighted by molar-refractivity contribution is 5.78. The van der Waals surface area contributed by atoms with Gasteiger partial charge >= 0.3 is 5.97 Å². The van der Waals surface area contributed by atoms with Gasteiger partial charge in [0.15, 0.2) is 0 Å². The van der Waals surface area contributed by atoms with Gasteiger partial charge in [0.1, 0.15) is 11.5 Å². The van der Waals surface area contributed by atoms with E-state index in [9.17, 15) is 14.7 Å². The molecule has 0 heterocycles. The Morgan fingerprint density at radius 1 is 1.12 bits per heavy atom. The molecule has 0 aliphatic rings. The molecule has 0 fully saturated rings. The fraction of sp³-hybridized carbons (Fsp3) is 0.579. The Bertz CT molecular complexity index is 539. The summed E-state index contributed by atoms with van der Waals surface area (Å²) in [6.07, 6.45) is 5.07. The highest BCUT2D eigenvalue weighted by atomic mass is 16.4. The minimum atomic E-state index is -0.767. The first-order valence-corrected chi connectivity index (χ1v) is 8.64. The maximum absolute atomic E-state index is 12.0. The zero-order valence-electron chi connectivity index (χ0n) is 14.3. The SMILES string of the molecule is CCCCC(CCCC(=O)CCc1ccc(O)c(CO)c1)C(=O)O. The number of aromatic hydroxyl groups is 1. The molecular formula is C19H28O5. The van der Waals surface area contributed by atoms with Gasteiger partial charge in [-0.2, -0.15) is 0 Å². The van der Waals surface area contributed by atoms with Crippen LogP contribution in [0.5, 0.6) is 5.75 Å². The van der Waals surface area contributed by atoms with Crippen LogP contribution in [0.25, 0.3) is 0 Å². The van der Waals surface area contributed by atoms with Crippen molar-refractivity contribution in [2.24, 2.45) is 5.92 Å². The lowest BCUT2D eigenvalue weighted by Crippen LogP contribution is -2.14. The normalized spacial score (nSPS) is 12.1. The molecule has 0 radical (unpaired) electrons. The summed E-state index contributed by atoms with van der Waals surface area (Å²) in [4.78, 5) is 23.1. The van der Waals surface area contributed by atoms with Crippen molar-refractivity contribution in [2.75, 3.05) is 0 Å². The Hall–Kier alpha value is -1.88. The first-order chi connectivity index (χ1) is 11.5. The number of ketones is 1. The molecule has 1 unspecified atom stereocenters. The summed E-state index contributed by atoms with van der Waals surface area (Å²) < 4.78 is 0. The molecule has 24 heavy (non-hydrogen) atoms. The molecule has 1 rings (SSSR count). The summed E-state index contributed by atoms with van der Waals surface area (Å²) in [5, 5.41) is 27.8. The molecular weight excluding hydrogens is 308 g/mol. The van der Waals surface area contributed by atoms with E-state index in [0.717, 1.165) is 18.4 Å². The average Bonchev–Trinajstić information content (AvgIpc) is 2.56. The predicted molar refractivity (Wildman–Crippen MR) is 91.9 cm³/mol. The fourth-order valence-electron chi connectivity index (χ4n) is 2.72. The average molecular weight is 336 g/mol. The number of carbonyl (C=O) groups excluding carboxylic acids is 1. The third-order valence-electron chi connectivity index (χ3n) is 4.27. The van der Waals surface area contributed by atoms with Crippen molar-refractivity contribution < 1.29 is 24.9 Å². The lowest BCUT2D eigenvalue weighted by Gasteiger charge is -2.11. The number of carboxylic acid groups (broad SMARTS) is 1. The molecule has 5 nitrogen and oxygen atoms in total. The first kappa shape index (κ1) is 20.2. The number of hydrogen-bond donors (Lipinski definition) is 3. The summed E-state index contributed by atoms with van der Waals surface area (Å²) in [5.41, 5.74) is 1.36. The van der Waals surface area contributed by atoms with Crippen molar-refractivity contribution in [3.63, 3.8) is 0 Å². The lowest BCUT2D eigenvalue weighted by atomic mass is 9.94. The first-order valence-electron chi connectivity index (χ1n) is 8.64. The molecule has 1 aromatic rings. The highest BCUT2D eigenvalue weighted by Crippen LogP contribution is 2.20. The zero-order valence-corrected chi connectivity index (χ0v) is 14.3. The van der Waals surface area contributed by atoms with Gasteiger partial charge in [-0.3, -0.25) is 9.59 Å². The van der Waals surface area contributed by atoms with Crippen LogP contribution in [0, 0.1) is 5.92 Å². The largest absolute Gasteiger partial charge is 0.508 e. The summed E-state index contributed by atoms with van der Waals surface area (Å²) in [5.74, 6) is -0.939. The molecule has 0 aromatic heterocycles. The van der Waals surface area contributed by atoms with E-state index in [0.29, 0.717) is 44.1 Å². The van der Waals surface area contributed by atoms with Gasteiger partial charge < -0.3 is 15.3 Å². The Kier molecular flexibility index (Phi) is 9.08. The van der Waals surface area contributed by atoms with Gasteiger partial charge in [-0.1, -0.05) is 25.8 Å². The van der Waals surface area contributed by atoms with E-state index in [1.54, 1.807) is 12.1 Å². The maximum Gasteiger partial charge on any atom is 0.306 e. The summed E-state index contributed by atoms with van der Waals surface area (Å²) in [6.45, 7) is 1.80. The summed E-state index contributed by atoms with van der Waals surface area (Å²) in [6, 6.07) is 4.97. The number of rotatable bonds is 12. The lowest BCUT2D eigenvalue weighted by molar-refractivity contribution is -0.142. The van der Waals surface area contributed by atoms with E-state index in [1.807, 2.05) is 6.92 Å². The second-order valence-electron chi connectivity index (χ2n) is 6.23. The summed E-state index contributed by atoms with van der Waals surface area (Å²) >= 11 is 0. The molecule has 5 heteroatoms. The molecule has 0 bridgehead atoms. The fourth-order valence-corrected chi connectivity index (χ4v) is 2.72. The molecule has 0 saturated carbocycles. The number of carboxylic acids is 1. The van der Waals surface area contributed by atoms with Crippen LogP contribution < -0.4 is 0 Å². The number of Topliss-reactive ketones (excluding diaryl/α,β-unsaturated/α-hetero) is 1. The summed E-state index contributed by atoms with van der Waals surface area (Å²) in [7, 11) is 0. The van der Waals surface area contributed by atoms with Crippen molar-refractivity contribution in [2.45, 2.75) is 64.9 Å². The molecule has 1 aromatic carbocycles. The number of unbranched alkanes of at least 4 members (excludes halogenated alkanes) is 1. The van der Waals surface area contributed by atoms with E-state index >= 15 is 0 Å². The second kappa shape index (κ2) is 10.8. The van der Waals surface area contributed by atoms with Crippen LogP contribution in [0.15, 0.2) is 18.2 Å². The number of aliphatic hydroxyl groups is 1. The Balaban J connectivity index is 2.34. The Morgan fingerprint density at radius 3 is 2.46 bits per heavy atom. The molecule has 1 atom stereocenters. The minimum absolute atomic E-state index is 0.0550. The van der Waals surface area contributed by atoms with E-state index in [-0.39, 0.29) is 24.1 Å². The van der Waals surface area contributed by atoms with Gasteiger partial charge in [-0.25, -0.2) is 0 Å². The van der Waals surface area contributed by atoms with Crippen molar-refractivity contribution in [1.29, 1.82) is 0 Å². The van der Waals surface area contributed by atoms with Crippen LogP contribution in [0.4, 0.5) is 0 Å². The zero-order chi connectivity index (χ0) is 17.9. The minimum Gasteiger partial charge on any atom is -0.508 e. The molecule has 0 saturated heterocycles. The smallest absolute Gasteiger partial charge is 0.306 e. The van der Waals surface area contributed by atoms with Crippen LogP contribution in [0.1, 0.15) is 63.0 Å². The van der Waals surface area contributed by atoms with Crippen molar-refractivity contribution >= 4 is 11.8 Å². The maximum atomic E-state index is 12.0. The number of aliphatic carboxylic acids is 1. The van der Waals surface area contributed by atoms with E-state index < -0.39 is 5.97 Å². The molecule has 0 amide bonds. The van der Waals surface area contributed by atoms with Crippen LogP contribution in [0.3, 0.4) is 0 Å². The van der Waals surface area contributed by atoms with Gasteiger partial charge in [-0.05, 0) is 43.4 Å². The van der Waals surface area contributed by atoms with Gasteiger partial charge in [-0.15, -0.1) is 0 Å². The monoisotopic (exact) mass is 336 g/mol. The number of carbonyl (C=O) groups is 2. The topological polar surface area (TPSA) is 94.8 Å². The van der Waals surface area contributed by atoms with Crippen molar-refractivity contribution in [3.05, 3.63) is 29.3 Å². The van der Waals surface area contributed by atoms with Crippen LogP contribution in [-0.2, 0) is 22.6 Å². The van der Waals surface area contributed by atoms with E-state index in [4.69, 9.17) is 10.2 Å². The van der Waals surface area contributed by atoms with Crippen molar-refractivity contribution in [3.8, 4) is 5.75 Å². The van der Waals surface area contributed by atoms with E-state index in [1.165, 1.54) is 6.07 Å². The molecule has 0 aliphatic heterocycles. The van der Waals surface area contributed by atoms with Gasteiger partial charge in [0, 0.05) is 18.4 Å². The Morgan fingerprint density at radius 2 is 1.83 bits per heavy atom. The van der Waals surface area contributed by atoms with E-state index in [2.05, 4.69) is 0 Å². The highest BCUT2D eigenvalue weighted by Gasteiger charge is 2.16. The van der Waals surface area contributed by atoms with Crippen LogP contribution in [0.2, 0.25) is 0 Å². The van der Waals surface area contributed by atoms with Crippen LogP contribution >= 0.6 is 0 Å². The molecule has 0 aliphatic carbocycles. The molecule has 0 spiro atoms. The van der Waals surface area contributed by atoms with Gasteiger partial charge in [0.25, 0.3) is 0 Å². The third-order valence-corrected chi connectivity index (χ3v) is 4.27. The number of benzene rings is 1. The standard InChI is InChI=1S/C19H28O5/c1-2-3-5-15(19(23)24)6-4-7-17(21)10-8-14-9-11-18(22)16(12-14)13-20/h9,11-12,15,20,22H,2-8,10,13H2,1H3,(H,23,24). The van der Waals surface area contributed by atoms with Crippen molar-refractivity contribution in [1.82, 2.24) is 0 Å². The van der Waals surface area contributed by atoms with Gasteiger partial charge in [0.05, 0.1) is 12.5 Å². The van der Waals surface area contributed by atoms with Crippen LogP contribution in [-0.4, -0.2) is 27.1 Å². The molecule has 3 N–H and O–H groups in total.